The molecule has 0 saturated heterocycles. The summed E-state index contributed by atoms with van der Waals surface area (Å²) < 4.78 is 29.1. The number of hydrogen-bond donors (Lipinski definition) is 3. The van der Waals surface area contributed by atoms with Gasteiger partial charge in [0.15, 0.2) is 0 Å². The van der Waals surface area contributed by atoms with Crippen LogP contribution in [0.5, 0.6) is 0 Å². The largest absolute Gasteiger partial charge is 0.478 e. The van der Waals surface area contributed by atoms with E-state index in [2.05, 4.69) is 15.0 Å². The minimum Gasteiger partial charge on any atom is -0.478 e. The maximum absolute atomic E-state index is 13.3. The van der Waals surface area contributed by atoms with Gasteiger partial charge in [0.2, 0.25) is 0 Å². The van der Waals surface area contributed by atoms with Crippen LogP contribution in [-0.4, -0.2) is 24.5 Å². The molecule has 0 atom stereocenters. The second kappa shape index (κ2) is 9.40. The fourth-order valence-corrected chi connectivity index (χ4v) is 5.34. The van der Waals surface area contributed by atoms with Gasteiger partial charge in [0.05, 0.1) is 16.9 Å². The van der Waals surface area contributed by atoms with E-state index in [0.717, 1.165) is 42.4 Å². The number of hydrogen-bond acceptors (Lipinski definition) is 5. The van der Waals surface area contributed by atoms with E-state index in [1.807, 2.05) is 18.2 Å². The topological polar surface area (TPSA) is 108 Å². The number of carboxylic acids is 1. The molecule has 1 aromatic heterocycles. The number of rotatable bonds is 7. The summed E-state index contributed by atoms with van der Waals surface area (Å²) >= 11 is 0. The second-order valence-corrected chi connectivity index (χ2v) is 9.45. The number of anilines is 2. The minimum absolute atomic E-state index is 0.0511. The van der Waals surface area contributed by atoms with Crippen LogP contribution in [0.4, 0.5) is 11.4 Å². The number of aryl methyl sites for hydroxylation is 1. The number of nitrogens with one attached hydrogen (secondary N) is 2. The monoisotopic (exact) mass is 451 g/mol. The standard InChI is InChI=1S/C24H25N3O4S/c28-24(29)23-19-7-3-1-2-6-18(19)10-11-21(23)27-32(30,31)22-9-5-4-8-20(22)26-16-17-12-14-25-15-13-17/h4-5,8-15,26-27H,1-3,6-7,16H2,(H,28,29). The van der Waals surface area contributed by atoms with Gasteiger partial charge in [0, 0.05) is 18.9 Å². The lowest BCUT2D eigenvalue weighted by Crippen LogP contribution is -2.19. The Bertz CT molecular complexity index is 1230. The van der Waals surface area contributed by atoms with Gasteiger partial charge in [-0.25, -0.2) is 13.2 Å². The lowest BCUT2D eigenvalue weighted by atomic mass is 9.96. The molecule has 7 nitrogen and oxygen atoms in total. The normalized spacial score (nSPS) is 13.6. The van der Waals surface area contributed by atoms with Crippen molar-refractivity contribution in [3.63, 3.8) is 0 Å². The predicted molar refractivity (Wildman–Crippen MR) is 123 cm³/mol. The highest BCUT2D eigenvalue weighted by Crippen LogP contribution is 2.32. The number of aromatic carboxylic acids is 1. The molecule has 8 heteroatoms. The van der Waals surface area contributed by atoms with Gasteiger partial charge in [0.1, 0.15) is 4.90 Å². The van der Waals surface area contributed by atoms with Crippen LogP contribution in [0.25, 0.3) is 0 Å². The van der Waals surface area contributed by atoms with Crippen LogP contribution >= 0.6 is 0 Å². The number of sulfonamides is 1. The Morgan fingerprint density at radius 3 is 2.47 bits per heavy atom. The summed E-state index contributed by atoms with van der Waals surface area (Å²) in [5, 5.41) is 13.0. The highest BCUT2D eigenvalue weighted by atomic mass is 32.2. The first kappa shape index (κ1) is 21.8. The average molecular weight is 452 g/mol. The summed E-state index contributed by atoms with van der Waals surface area (Å²) in [5.74, 6) is -1.12. The Hall–Kier alpha value is -3.39. The minimum atomic E-state index is -4.03. The number of carbonyl (C=O) groups is 1. The zero-order valence-corrected chi connectivity index (χ0v) is 18.4. The zero-order chi connectivity index (χ0) is 22.6. The number of carboxylic acid groups (broad SMARTS) is 1. The molecule has 0 spiro atoms. The van der Waals surface area contributed by atoms with Gasteiger partial charge in [-0.15, -0.1) is 0 Å². The Balaban J connectivity index is 1.66. The molecule has 3 aromatic rings. The molecule has 2 aromatic carbocycles. The van der Waals surface area contributed by atoms with Crippen LogP contribution in [0.15, 0.2) is 65.8 Å². The summed E-state index contributed by atoms with van der Waals surface area (Å²) in [6, 6.07) is 13.7. The quantitative estimate of drug-likeness (QED) is 0.458. The van der Waals surface area contributed by atoms with E-state index in [1.54, 1.807) is 36.7 Å². The number of para-hydroxylation sites is 1. The third kappa shape index (κ3) is 4.75. The van der Waals surface area contributed by atoms with E-state index in [9.17, 15) is 18.3 Å². The first-order valence-electron chi connectivity index (χ1n) is 10.6. The second-order valence-electron chi connectivity index (χ2n) is 7.80. The van der Waals surface area contributed by atoms with Crippen LogP contribution in [0.2, 0.25) is 0 Å². The van der Waals surface area contributed by atoms with Gasteiger partial charge in [-0.2, -0.15) is 0 Å². The van der Waals surface area contributed by atoms with Gasteiger partial charge in [-0.05, 0) is 72.7 Å². The first-order chi connectivity index (χ1) is 15.5. The highest BCUT2D eigenvalue weighted by Gasteiger charge is 2.25. The van der Waals surface area contributed by atoms with Gasteiger partial charge in [0.25, 0.3) is 10.0 Å². The fraction of sp³-hybridized carbons (Fsp3) is 0.250. The molecule has 0 bridgehead atoms. The number of benzene rings is 2. The van der Waals surface area contributed by atoms with Crippen molar-refractivity contribution in [3.05, 3.63) is 83.2 Å². The van der Waals surface area contributed by atoms with Crippen LogP contribution in [0, 0.1) is 0 Å². The number of nitrogens with zero attached hydrogens (tertiary/aromatic N) is 1. The maximum Gasteiger partial charge on any atom is 0.338 e. The van der Waals surface area contributed by atoms with Crippen molar-refractivity contribution in [2.75, 3.05) is 10.0 Å². The lowest BCUT2D eigenvalue weighted by molar-refractivity contribution is 0.0696. The Morgan fingerprint density at radius 2 is 1.69 bits per heavy atom. The predicted octanol–water partition coefficient (Wildman–Crippen LogP) is 4.46. The van der Waals surface area contributed by atoms with E-state index in [-0.39, 0.29) is 16.1 Å². The lowest BCUT2D eigenvalue weighted by Gasteiger charge is -2.18. The summed E-state index contributed by atoms with van der Waals surface area (Å²) in [6.45, 7) is 0.425. The van der Waals surface area contributed by atoms with Crippen LogP contribution < -0.4 is 10.0 Å². The average Bonchev–Trinajstić information content (AvgIpc) is 3.03. The third-order valence-electron chi connectivity index (χ3n) is 5.65. The van der Waals surface area contributed by atoms with E-state index < -0.39 is 16.0 Å². The summed E-state index contributed by atoms with van der Waals surface area (Å²) in [6.07, 6.45) is 7.73. The van der Waals surface area contributed by atoms with E-state index in [0.29, 0.717) is 18.7 Å². The molecule has 3 N–H and O–H groups in total. The van der Waals surface area contributed by atoms with Crippen LogP contribution in [0.3, 0.4) is 0 Å². The van der Waals surface area contributed by atoms with Crippen molar-refractivity contribution >= 4 is 27.4 Å². The molecular formula is C24H25N3O4S. The van der Waals surface area contributed by atoms with Crippen molar-refractivity contribution in [2.45, 2.75) is 43.5 Å². The fourth-order valence-electron chi connectivity index (χ4n) is 4.08. The molecule has 1 aliphatic rings. The molecule has 0 amide bonds. The van der Waals surface area contributed by atoms with E-state index in [1.165, 1.54) is 6.07 Å². The SMILES string of the molecule is O=C(O)c1c(NS(=O)(=O)c2ccccc2NCc2ccncc2)ccc2c1CCCCC2. The van der Waals surface area contributed by atoms with Gasteiger partial charge >= 0.3 is 5.97 Å². The molecule has 0 fully saturated rings. The van der Waals surface area contributed by atoms with Crippen molar-refractivity contribution in [2.24, 2.45) is 0 Å². The van der Waals surface area contributed by atoms with Crippen LogP contribution in [0.1, 0.15) is 46.3 Å². The van der Waals surface area contributed by atoms with E-state index in [4.69, 9.17) is 0 Å². The smallest absolute Gasteiger partial charge is 0.338 e. The Morgan fingerprint density at radius 1 is 0.938 bits per heavy atom. The molecule has 32 heavy (non-hydrogen) atoms. The maximum atomic E-state index is 13.3. The highest BCUT2D eigenvalue weighted by molar-refractivity contribution is 7.92. The molecule has 0 aliphatic heterocycles. The van der Waals surface area contributed by atoms with Crippen molar-refractivity contribution in [3.8, 4) is 0 Å². The number of fused-ring (bicyclic) bond motifs is 1. The summed E-state index contributed by atoms with van der Waals surface area (Å²) in [7, 11) is -4.03. The van der Waals surface area contributed by atoms with Gasteiger partial charge in [-0.3, -0.25) is 9.71 Å². The Labute approximate surface area is 187 Å². The number of pyridine rings is 1. The summed E-state index contributed by atoms with van der Waals surface area (Å²) in [5.41, 5.74) is 3.27. The molecule has 1 heterocycles. The van der Waals surface area contributed by atoms with Crippen molar-refractivity contribution in [1.29, 1.82) is 0 Å². The molecule has 0 saturated carbocycles. The number of aromatic nitrogens is 1. The first-order valence-corrected chi connectivity index (χ1v) is 12.1. The molecule has 166 valence electrons. The van der Waals surface area contributed by atoms with Crippen molar-refractivity contribution < 1.29 is 18.3 Å². The molecule has 0 unspecified atom stereocenters. The Kier molecular flexibility index (Phi) is 6.41. The molecule has 4 rings (SSSR count). The zero-order valence-electron chi connectivity index (χ0n) is 17.5. The molecule has 0 radical (unpaired) electrons. The molecular weight excluding hydrogens is 426 g/mol. The third-order valence-corrected chi connectivity index (χ3v) is 7.07. The van der Waals surface area contributed by atoms with Crippen LogP contribution in [-0.2, 0) is 29.4 Å². The summed E-state index contributed by atoms with van der Waals surface area (Å²) in [4.78, 5) is 16.1. The van der Waals surface area contributed by atoms with Gasteiger partial charge in [-0.1, -0.05) is 24.6 Å². The van der Waals surface area contributed by atoms with Crippen molar-refractivity contribution in [1.82, 2.24) is 4.98 Å². The molecule has 1 aliphatic carbocycles. The van der Waals surface area contributed by atoms with Gasteiger partial charge < -0.3 is 10.4 Å². The van der Waals surface area contributed by atoms with E-state index >= 15 is 0 Å².